The number of nitrogens with two attached hydrogens (primary N) is 1. The van der Waals surface area contributed by atoms with Crippen molar-refractivity contribution in [3.63, 3.8) is 0 Å². The number of para-hydroxylation sites is 1. The molecule has 5 nitrogen and oxygen atoms in total. The third-order valence-electron chi connectivity index (χ3n) is 3.66. The highest BCUT2D eigenvalue weighted by Crippen LogP contribution is 2.46. The fourth-order valence-corrected chi connectivity index (χ4v) is 4.29. The molecule has 2 aromatic rings. The highest BCUT2D eigenvalue weighted by molar-refractivity contribution is 8.02. The van der Waals surface area contributed by atoms with Crippen molar-refractivity contribution in [1.29, 1.82) is 0 Å². The molecule has 3 rings (SSSR count). The summed E-state index contributed by atoms with van der Waals surface area (Å²) in [6, 6.07) is 16.9. The van der Waals surface area contributed by atoms with E-state index in [1.54, 1.807) is 23.6 Å². The standard InChI is InChI=1S/C17H16N2O3S2/c18-16(20)15-10-23-17(12-6-2-1-3-7-12)19(15)14-9-5-4-8-13(14)11-24(21)22/h1-10,17H,11H2,(H2,18,20)(H,21,22)/p-1. The first-order valence-electron chi connectivity index (χ1n) is 7.21. The Hall–Kier alpha value is -2.09. The molecule has 0 aromatic heterocycles. The van der Waals surface area contributed by atoms with Gasteiger partial charge in [-0.2, -0.15) is 0 Å². The molecule has 0 fully saturated rings. The number of amides is 1. The monoisotopic (exact) mass is 359 g/mol. The van der Waals surface area contributed by atoms with E-state index in [0.29, 0.717) is 16.9 Å². The lowest BCUT2D eigenvalue weighted by molar-refractivity contribution is -0.114. The number of rotatable bonds is 5. The molecule has 2 unspecified atom stereocenters. The van der Waals surface area contributed by atoms with E-state index in [1.807, 2.05) is 41.3 Å². The van der Waals surface area contributed by atoms with Crippen molar-refractivity contribution in [3.8, 4) is 0 Å². The molecule has 2 N–H and O–H groups in total. The van der Waals surface area contributed by atoms with E-state index in [-0.39, 0.29) is 11.1 Å². The molecule has 24 heavy (non-hydrogen) atoms. The highest BCUT2D eigenvalue weighted by atomic mass is 32.2. The minimum atomic E-state index is -2.22. The van der Waals surface area contributed by atoms with E-state index >= 15 is 0 Å². The number of carbonyl (C=O) groups excluding carboxylic acids is 1. The molecule has 0 radical (unpaired) electrons. The minimum absolute atomic E-state index is 0.120. The van der Waals surface area contributed by atoms with Gasteiger partial charge in [-0.15, -0.1) is 11.8 Å². The van der Waals surface area contributed by atoms with Crippen LogP contribution in [0.15, 0.2) is 65.7 Å². The molecule has 2 atom stereocenters. The number of anilines is 1. The van der Waals surface area contributed by atoms with Crippen molar-refractivity contribution in [2.45, 2.75) is 11.1 Å². The molecule has 0 saturated heterocycles. The Balaban J connectivity index is 2.08. The maximum absolute atomic E-state index is 11.9. The molecule has 7 heteroatoms. The minimum Gasteiger partial charge on any atom is -0.772 e. The van der Waals surface area contributed by atoms with E-state index in [1.165, 1.54) is 11.8 Å². The van der Waals surface area contributed by atoms with Gasteiger partial charge >= 0.3 is 0 Å². The SMILES string of the molecule is NC(=O)C1=CSC(c2ccccc2)N1c1ccccc1CS(=O)[O-]. The third kappa shape index (κ3) is 3.38. The first kappa shape index (κ1) is 16.8. The summed E-state index contributed by atoms with van der Waals surface area (Å²) in [5.74, 6) is -0.663. The van der Waals surface area contributed by atoms with Crippen LogP contribution in [-0.2, 0) is 21.6 Å². The average molecular weight is 359 g/mol. The summed E-state index contributed by atoms with van der Waals surface area (Å²) in [4.78, 5) is 13.7. The van der Waals surface area contributed by atoms with Crippen LogP contribution in [-0.4, -0.2) is 14.7 Å². The predicted molar refractivity (Wildman–Crippen MR) is 95.6 cm³/mol. The lowest BCUT2D eigenvalue weighted by Gasteiger charge is -2.30. The molecule has 0 saturated carbocycles. The molecule has 0 bridgehead atoms. The number of nitrogens with zero attached hydrogens (tertiary/aromatic N) is 1. The van der Waals surface area contributed by atoms with E-state index in [2.05, 4.69) is 0 Å². The van der Waals surface area contributed by atoms with Crippen LogP contribution in [0.25, 0.3) is 0 Å². The van der Waals surface area contributed by atoms with Gasteiger partial charge in [0.25, 0.3) is 5.91 Å². The van der Waals surface area contributed by atoms with Gasteiger partial charge in [-0.25, -0.2) is 0 Å². The van der Waals surface area contributed by atoms with Gasteiger partial charge in [-0.1, -0.05) is 59.6 Å². The Bertz CT molecular complexity index is 808. The Morgan fingerprint density at radius 3 is 2.50 bits per heavy atom. The maximum atomic E-state index is 11.9. The topological polar surface area (TPSA) is 86.5 Å². The van der Waals surface area contributed by atoms with Gasteiger partial charge in [0, 0.05) is 16.8 Å². The van der Waals surface area contributed by atoms with Crippen molar-refractivity contribution >= 4 is 34.4 Å². The van der Waals surface area contributed by atoms with Gasteiger partial charge in [-0.3, -0.25) is 9.00 Å². The van der Waals surface area contributed by atoms with Crippen LogP contribution in [0.1, 0.15) is 16.5 Å². The summed E-state index contributed by atoms with van der Waals surface area (Å²) in [5.41, 5.74) is 8.20. The molecule has 1 amide bonds. The third-order valence-corrected chi connectivity index (χ3v) is 5.31. The molecule has 1 heterocycles. The molecular weight excluding hydrogens is 344 g/mol. The lowest BCUT2D eigenvalue weighted by Crippen LogP contribution is -2.31. The summed E-state index contributed by atoms with van der Waals surface area (Å²) in [7, 11) is 0. The van der Waals surface area contributed by atoms with Gasteiger partial charge in [0.2, 0.25) is 0 Å². The molecule has 1 aliphatic rings. The summed E-state index contributed by atoms with van der Waals surface area (Å²) in [6.45, 7) is 0. The van der Waals surface area contributed by atoms with Crippen LogP contribution in [0.3, 0.4) is 0 Å². The quantitative estimate of drug-likeness (QED) is 0.830. The highest BCUT2D eigenvalue weighted by Gasteiger charge is 2.33. The van der Waals surface area contributed by atoms with Crippen LogP contribution in [0, 0.1) is 0 Å². The molecule has 124 valence electrons. The Morgan fingerprint density at radius 2 is 1.83 bits per heavy atom. The largest absolute Gasteiger partial charge is 0.772 e. The number of thioether (sulfide) groups is 1. The zero-order chi connectivity index (χ0) is 17.1. The van der Waals surface area contributed by atoms with Crippen LogP contribution < -0.4 is 10.6 Å². The summed E-state index contributed by atoms with van der Waals surface area (Å²) >= 11 is -0.752. The van der Waals surface area contributed by atoms with Gasteiger partial charge in [0.05, 0.1) is 0 Å². The summed E-state index contributed by atoms with van der Waals surface area (Å²) in [6.07, 6.45) is 0. The van der Waals surface area contributed by atoms with Crippen molar-refractivity contribution in [2.24, 2.45) is 5.73 Å². The average Bonchev–Trinajstić information content (AvgIpc) is 3.00. The molecule has 1 aliphatic heterocycles. The first-order chi connectivity index (χ1) is 11.6. The van der Waals surface area contributed by atoms with Crippen LogP contribution in [0.4, 0.5) is 5.69 Å². The normalized spacial score (nSPS) is 18.3. The Kier molecular flexibility index (Phi) is 5.03. The van der Waals surface area contributed by atoms with Crippen LogP contribution in [0.5, 0.6) is 0 Å². The molecule has 2 aromatic carbocycles. The van der Waals surface area contributed by atoms with Gasteiger partial charge < -0.3 is 15.2 Å². The lowest BCUT2D eigenvalue weighted by atomic mass is 10.1. The summed E-state index contributed by atoms with van der Waals surface area (Å²) < 4.78 is 22.3. The van der Waals surface area contributed by atoms with Gasteiger partial charge in [0.15, 0.2) is 0 Å². The predicted octanol–water partition coefficient (Wildman–Crippen LogP) is 2.64. The van der Waals surface area contributed by atoms with E-state index in [0.717, 1.165) is 5.56 Å². The molecule has 0 spiro atoms. The first-order valence-corrected chi connectivity index (χ1v) is 9.40. The van der Waals surface area contributed by atoms with Gasteiger partial charge in [-0.05, 0) is 17.2 Å². The zero-order valence-corrected chi connectivity index (χ0v) is 14.3. The number of hydrogen-bond acceptors (Lipinski definition) is 5. The van der Waals surface area contributed by atoms with Crippen molar-refractivity contribution in [3.05, 3.63) is 76.8 Å². The maximum Gasteiger partial charge on any atom is 0.265 e. The van der Waals surface area contributed by atoms with E-state index in [9.17, 15) is 13.6 Å². The van der Waals surface area contributed by atoms with Gasteiger partial charge in [0.1, 0.15) is 11.1 Å². The zero-order valence-electron chi connectivity index (χ0n) is 12.6. The second-order valence-corrected chi connectivity index (χ2v) is 7.06. The second-order valence-electron chi connectivity index (χ2n) is 5.21. The summed E-state index contributed by atoms with van der Waals surface area (Å²) in [5, 5.41) is 1.56. The Morgan fingerprint density at radius 1 is 1.17 bits per heavy atom. The second kappa shape index (κ2) is 7.21. The molecule has 0 aliphatic carbocycles. The van der Waals surface area contributed by atoms with Crippen molar-refractivity contribution < 1.29 is 13.6 Å². The fraction of sp³-hybridized carbons (Fsp3) is 0.118. The number of benzene rings is 2. The number of carbonyl (C=O) groups is 1. The number of hydrogen-bond donors (Lipinski definition) is 1. The van der Waals surface area contributed by atoms with E-state index in [4.69, 9.17) is 5.73 Å². The fourth-order valence-electron chi connectivity index (χ4n) is 2.65. The van der Waals surface area contributed by atoms with E-state index < -0.39 is 17.0 Å². The van der Waals surface area contributed by atoms with Crippen molar-refractivity contribution in [1.82, 2.24) is 0 Å². The van der Waals surface area contributed by atoms with Crippen LogP contribution >= 0.6 is 11.8 Å². The Labute approximate surface area is 146 Å². The van der Waals surface area contributed by atoms with Crippen molar-refractivity contribution in [2.75, 3.05) is 4.90 Å². The van der Waals surface area contributed by atoms with Crippen LogP contribution in [0.2, 0.25) is 0 Å². The number of primary amides is 1. The smallest absolute Gasteiger partial charge is 0.265 e. The molecular formula is C17H15N2O3S2-.